The van der Waals surface area contributed by atoms with E-state index in [0.29, 0.717) is 11.2 Å². The molecule has 1 atom stereocenters. The van der Waals surface area contributed by atoms with Gasteiger partial charge in [0.25, 0.3) is 0 Å². The molecule has 0 saturated heterocycles. The zero-order valence-corrected chi connectivity index (χ0v) is 9.14. The van der Waals surface area contributed by atoms with Crippen molar-refractivity contribution in [3.63, 3.8) is 0 Å². The number of aryl methyl sites for hydroxylation is 1. The summed E-state index contributed by atoms with van der Waals surface area (Å²) in [5.74, 6) is 0.430. The summed E-state index contributed by atoms with van der Waals surface area (Å²) >= 11 is 3.09. The van der Waals surface area contributed by atoms with Crippen molar-refractivity contribution in [3.8, 4) is 0 Å². The highest BCUT2D eigenvalue weighted by Crippen LogP contribution is 2.14. The average Bonchev–Trinajstić information content (AvgIpc) is 2.48. The van der Waals surface area contributed by atoms with Crippen molar-refractivity contribution in [2.24, 2.45) is 0 Å². The van der Waals surface area contributed by atoms with Crippen molar-refractivity contribution in [2.75, 3.05) is 5.33 Å². The minimum Gasteiger partial charge on any atom is -0.388 e. The molecule has 0 fully saturated rings. The third-order valence-corrected chi connectivity index (χ3v) is 2.54. The van der Waals surface area contributed by atoms with Crippen LogP contribution in [0.2, 0.25) is 0 Å². The second-order valence-corrected chi connectivity index (χ2v) is 3.49. The molecule has 7 heteroatoms. The smallest absolute Gasteiger partial charge is 0.342 e. The summed E-state index contributed by atoms with van der Waals surface area (Å²) in [4.78, 5) is 13.9. The molecule has 0 unspecified atom stereocenters. The summed E-state index contributed by atoms with van der Waals surface area (Å²) in [6.45, 7) is 1.83. The molecule has 0 aliphatic rings. The molecule has 0 aliphatic carbocycles. The molecule has 0 amide bonds. The Hall–Kier alpha value is -0.950. The monoisotopic (exact) mass is 263 g/mol. The van der Waals surface area contributed by atoms with Gasteiger partial charge in [-0.3, -0.25) is 0 Å². The van der Waals surface area contributed by atoms with E-state index >= 15 is 0 Å². The third kappa shape index (κ3) is 2.30. The summed E-state index contributed by atoms with van der Waals surface area (Å²) in [7, 11) is 0. The topological polar surface area (TPSA) is 81.2 Å². The van der Waals surface area contributed by atoms with E-state index in [0.717, 1.165) is 0 Å². The van der Waals surface area contributed by atoms with Gasteiger partial charge < -0.3 is 15.2 Å². The summed E-state index contributed by atoms with van der Waals surface area (Å²) in [5, 5.41) is 20.3. The minimum atomic E-state index is -0.651. The lowest BCUT2D eigenvalue weighted by Gasteiger charge is -2.06. The molecule has 1 aromatic heterocycles. The van der Waals surface area contributed by atoms with Crippen molar-refractivity contribution in [1.82, 2.24) is 9.55 Å². The predicted octanol–water partition coefficient (Wildman–Crippen LogP) is 0.856. The number of rotatable bonds is 4. The van der Waals surface area contributed by atoms with Gasteiger partial charge in [0.1, 0.15) is 18.8 Å². The molecule has 0 aromatic carbocycles. The van der Waals surface area contributed by atoms with Crippen LogP contribution in [0.4, 0.5) is 5.82 Å². The molecule has 1 heterocycles. The van der Waals surface area contributed by atoms with Crippen LogP contribution in [-0.4, -0.2) is 31.0 Å². The predicted molar refractivity (Wildman–Crippen MR) is 53.4 cm³/mol. The number of nitrogens with zero attached hydrogens (tertiary/aromatic N) is 3. The lowest BCUT2D eigenvalue weighted by atomic mass is 10.4. The highest BCUT2D eigenvalue weighted by Gasteiger charge is 2.19. The number of alkyl halides is 1. The van der Waals surface area contributed by atoms with E-state index in [1.165, 1.54) is 10.8 Å². The summed E-state index contributed by atoms with van der Waals surface area (Å²) < 4.78 is 1.38. The van der Waals surface area contributed by atoms with Gasteiger partial charge in [0, 0.05) is 12.3 Å². The maximum atomic E-state index is 10.6. The molecule has 1 aromatic rings. The molecule has 0 spiro atoms. The highest BCUT2D eigenvalue weighted by molar-refractivity contribution is 9.09. The van der Waals surface area contributed by atoms with Crippen LogP contribution in [0.15, 0.2) is 6.20 Å². The van der Waals surface area contributed by atoms with Crippen molar-refractivity contribution < 1.29 is 10.0 Å². The first kappa shape index (κ1) is 11.1. The lowest BCUT2D eigenvalue weighted by Crippen LogP contribution is -2.19. The van der Waals surface area contributed by atoms with Crippen LogP contribution in [-0.2, 0) is 6.54 Å². The van der Waals surface area contributed by atoms with Crippen LogP contribution in [0.3, 0.4) is 0 Å². The Balaban J connectivity index is 2.93. The van der Waals surface area contributed by atoms with E-state index in [1.54, 1.807) is 6.92 Å². The van der Waals surface area contributed by atoms with E-state index in [4.69, 9.17) is 0 Å². The second kappa shape index (κ2) is 4.52. The highest BCUT2D eigenvalue weighted by atomic mass is 79.9. The molecule has 0 radical (unpaired) electrons. The Morgan fingerprint density at radius 2 is 2.50 bits per heavy atom. The largest absolute Gasteiger partial charge is 0.388 e. The summed E-state index contributed by atoms with van der Waals surface area (Å²) in [6.07, 6.45) is 0.539. The molecular formula is C7H10BrN3O3. The van der Waals surface area contributed by atoms with Crippen molar-refractivity contribution in [2.45, 2.75) is 19.6 Å². The Bertz CT molecular complexity index is 339. The first-order valence-electron chi connectivity index (χ1n) is 3.96. The number of halogens is 1. The molecule has 0 aliphatic heterocycles. The Morgan fingerprint density at radius 3 is 3.00 bits per heavy atom. The van der Waals surface area contributed by atoms with E-state index in [2.05, 4.69) is 20.9 Å². The average molecular weight is 264 g/mol. The van der Waals surface area contributed by atoms with Gasteiger partial charge in [-0.1, -0.05) is 15.9 Å². The van der Waals surface area contributed by atoms with Crippen LogP contribution in [0.25, 0.3) is 0 Å². The molecular weight excluding hydrogens is 254 g/mol. The van der Waals surface area contributed by atoms with Gasteiger partial charge in [-0.05, 0) is 4.92 Å². The Morgan fingerprint density at radius 1 is 1.86 bits per heavy atom. The molecule has 0 bridgehead atoms. The number of nitro groups is 1. The van der Waals surface area contributed by atoms with Crippen LogP contribution in [0, 0.1) is 17.0 Å². The third-order valence-electron chi connectivity index (χ3n) is 1.79. The maximum Gasteiger partial charge on any atom is 0.342 e. The Labute approximate surface area is 88.8 Å². The lowest BCUT2D eigenvalue weighted by molar-refractivity contribution is -0.392. The van der Waals surface area contributed by atoms with E-state index < -0.39 is 11.0 Å². The fraction of sp³-hybridized carbons (Fsp3) is 0.571. The second-order valence-electron chi connectivity index (χ2n) is 2.84. The van der Waals surface area contributed by atoms with Gasteiger partial charge in [0.05, 0.1) is 0 Å². The van der Waals surface area contributed by atoms with Crippen LogP contribution >= 0.6 is 15.9 Å². The molecule has 6 nitrogen and oxygen atoms in total. The number of aliphatic hydroxyl groups excluding tert-OH is 1. The zero-order valence-electron chi connectivity index (χ0n) is 7.55. The molecule has 78 valence electrons. The summed E-state index contributed by atoms with van der Waals surface area (Å²) in [6, 6.07) is 0. The van der Waals surface area contributed by atoms with Gasteiger partial charge in [-0.25, -0.2) is 9.55 Å². The quantitative estimate of drug-likeness (QED) is 0.496. The summed E-state index contributed by atoms with van der Waals surface area (Å²) in [5.41, 5.74) is 0. The van der Waals surface area contributed by atoms with E-state index in [-0.39, 0.29) is 12.4 Å². The standard InChI is InChI=1S/C7H10BrN3O3/c1-5-9-3-7(11(13)14)10(5)4-6(12)2-8/h3,6,12H,2,4H2,1H3/t6-/m0/s1. The number of aromatic nitrogens is 2. The number of imidazole rings is 1. The van der Waals surface area contributed by atoms with Crippen LogP contribution in [0.5, 0.6) is 0 Å². The fourth-order valence-electron chi connectivity index (χ4n) is 1.09. The first-order valence-corrected chi connectivity index (χ1v) is 5.09. The fourth-order valence-corrected chi connectivity index (χ4v) is 1.29. The maximum absolute atomic E-state index is 10.6. The molecule has 1 N–H and O–H groups in total. The van der Waals surface area contributed by atoms with Crippen molar-refractivity contribution in [3.05, 3.63) is 22.1 Å². The van der Waals surface area contributed by atoms with E-state index in [1.807, 2.05) is 0 Å². The molecule has 1 rings (SSSR count). The van der Waals surface area contributed by atoms with Gasteiger partial charge in [0.2, 0.25) is 0 Å². The number of hydrogen-bond donors (Lipinski definition) is 1. The Kier molecular flexibility index (Phi) is 3.59. The minimum absolute atomic E-state index is 0.0949. The number of aliphatic hydroxyl groups is 1. The van der Waals surface area contributed by atoms with Crippen LogP contribution < -0.4 is 0 Å². The van der Waals surface area contributed by atoms with Crippen molar-refractivity contribution in [1.29, 1.82) is 0 Å². The normalized spacial score (nSPS) is 12.8. The molecule has 0 saturated carbocycles. The zero-order chi connectivity index (χ0) is 10.7. The molecule has 14 heavy (non-hydrogen) atoms. The van der Waals surface area contributed by atoms with E-state index in [9.17, 15) is 15.2 Å². The van der Waals surface area contributed by atoms with Gasteiger partial charge in [-0.15, -0.1) is 0 Å². The van der Waals surface area contributed by atoms with Gasteiger partial charge in [0.15, 0.2) is 5.82 Å². The SMILES string of the molecule is Cc1ncc([N+](=O)[O-])n1C[C@@H](O)CBr. The van der Waals surface area contributed by atoms with Gasteiger partial charge >= 0.3 is 5.82 Å². The van der Waals surface area contributed by atoms with Crippen molar-refractivity contribution >= 4 is 21.7 Å². The van der Waals surface area contributed by atoms with Crippen LogP contribution in [0.1, 0.15) is 5.82 Å². The number of hydrogen-bond acceptors (Lipinski definition) is 4. The first-order chi connectivity index (χ1) is 6.56. The van der Waals surface area contributed by atoms with Gasteiger partial charge in [-0.2, -0.15) is 0 Å².